The molecule has 17 heavy (non-hydrogen) atoms. The Labute approximate surface area is 112 Å². The van der Waals surface area contributed by atoms with E-state index in [1.54, 1.807) is 0 Å². The summed E-state index contributed by atoms with van der Waals surface area (Å²) in [4.78, 5) is 4.46. The lowest BCUT2D eigenvalue weighted by molar-refractivity contribution is 0.381. The predicted octanol–water partition coefficient (Wildman–Crippen LogP) is 3.11. The van der Waals surface area contributed by atoms with Crippen LogP contribution in [0.3, 0.4) is 0 Å². The molecule has 1 aliphatic rings. The largest absolute Gasteiger partial charge is 0.313 e. The standard InChI is InChI=1S/C12H21N3S2/c1-2-11-14-12(17-15-11)16-9-8-13-10-6-4-3-5-7-10/h10,13H,2-9H2,1H3. The van der Waals surface area contributed by atoms with Crippen LogP contribution in [0.1, 0.15) is 44.9 Å². The molecule has 1 aromatic heterocycles. The third kappa shape index (κ3) is 4.56. The monoisotopic (exact) mass is 271 g/mol. The minimum atomic E-state index is 0.768. The number of thioether (sulfide) groups is 1. The second-order valence-electron chi connectivity index (χ2n) is 4.47. The van der Waals surface area contributed by atoms with Gasteiger partial charge in [-0.3, -0.25) is 0 Å². The number of hydrogen-bond acceptors (Lipinski definition) is 5. The van der Waals surface area contributed by atoms with Gasteiger partial charge >= 0.3 is 0 Å². The van der Waals surface area contributed by atoms with Crippen molar-refractivity contribution in [1.29, 1.82) is 0 Å². The highest BCUT2D eigenvalue weighted by Gasteiger charge is 2.12. The summed E-state index contributed by atoms with van der Waals surface area (Å²) in [5.41, 5.74) is 0. The SMILES string of the molecule is CCc1nsc(SCCNC2CCCCC2)n1. The van der Waals surface area contributed by atoms with Gasteiger partial charge in [-0.2, -0.15) is 4.37 Å². The maximum absolute atomic E-state index is 4.46. The molecule has 1 aliphatic carbocycles. The van der Waals surface area contributed by atoms with Crippen molar-refractivity contribution in [2.45, 2.75) is 55.8 Å². The van der Waals surface area contributed by atoms with Gasteiger partial charge in [-0.25, -0.2) is 4.98 Å². The predicted molar refractivity (Wildman–Crippen MR) is 74.9 cm³/mol. The van der Waals surface area contributed by atoms with Crippen molar-refractivity contribution < 1.29 is 0 Å². The number of aromatic nitrogens is 2. The third-order valence-corrected chi connectivity index (χ3v) is 5.00. The Morgan fingerprint density at radius 1 is 1.35 bits per heavy atom. The summed E-state index contributed by atoms with van der Waals surface area (Å²) in [6, 6.07) is 0.768. The summed E-state index contributed by atoms with van der Waals surface area (Å²) >= 11 is 3.36. The fourth-order valence-corrected chi connectivity index (χ4v) is 3.78. The highest BCUT2D eigenvalue weighted by molar-refractivity contribution is 8.00. The lowest BCUT2D eigenvalue weighted by Gasteiger charge is -2.22. The highest BCUT2D eigenvalue weighted by Crippen LogP contribution is 2.20. The Morgan fingerprint density at radius 3 is 2.88 bits per heavy atom. The number of rotatable bonds is 6. The van der Waals surface area contributed by atoms with Gasteiger partial charge in [0.1, 0.15) is 5.82 Å². The van der Waals surface area contributed by atoms with E-state index < -0.39 is 0 Å². The van der Waals surface area contributed by atoms with E-state index in [0.717, 1.165) is 34.9 Å². The van der Waals surface area contributed by atoms with Gasteiger partial charge in [0.25, 0.3) is 0 Å². The molecule has 1 fully saturated rings. The first-order valence-electron chi connectivity index (χ1n) is 6.57. The van der Waals surface area contributed by atoms with Gasteiger partial charge < -0.3 is 5.32 Å². The van der Waals surface area contributed by atoms with Crippen LogP contribution in [0.5, 0.6) is 0 Å². The summed E-state index contributed by atoms with van der Waals surface area (Å²) in [6.07, 6.45) is 7.91. The van der Waals surface area contributed by atoms with Crippen LogP contribution in [0, 0.1) is 0 Å². The molecule has 0 aliphatic heterocycles. The van der Waals surface area contributed by atoms with Crippen LogP contribution in [0.25, 0.3) is 0 Å². The molecule has 1 heterocycles. The maximum Gasteiger partial charge on any atom is 0.170 e. The molecular weight excluding hydrogens is 250 g/mol. The average Bonchev–Trinajstić information content (AvgIpc) is 2.84. The molecular formula is C12H21N3S2. The quantitative estimate of drug-likeness (QED) is 0.637. The Kier molecular flexibility index (Phi) is 5.74. The Morgan fingerprint density at radius 2 is 2.18 bits per heavy atom. The molecule has 0 amide bonds. The summed E-state index contributed by atoms with van der Waals surface area (Å²) in [5, 5.41) is 3.65. The van der Waals surface area contributed by atoms with Crippen LogP contribution in [-0.4, -0.2) is 27.7 Å². The van der Waals surface area contributed by atoms with Crippen molar-refractivity contribution in [3.8, 4) is 0 Å². The van der Waals surface area contributed by atoms with Crippen molar-refractivity contribution in [2.75, 3.05) is 12.3 Å². The molecule has 0 spiro atoms. The van der Waals surface area contributed by atoms with Gasteiger partial charge in [0.15, 0.2) is 4.34 Å². The van der Waals surface area contributed by atoms with Gasteiger partial charge in [0.05, 0.1) is 0 Å². The van der Waals surface area contributed by atoms with Gasteiger partial charge in [0.2, 0.25) is 0 Å². The van der Waals surface area contributed by atoms with E-state index >= 15 is 0 Å². The van der Waals surface area contributed by atoms with E-state index in [1.165, 1.54) is 43.6 Å². The Bertz CT molecular complexity index is 321. The zero-order chi connectivity index (χ0) is 11.9. The number of aryl methyl sites for hydroxylation is 1. The first kappa shape index (κ1) is 13.3. The van der Waals surface area contributed by atoms with Crippen molar-refractivity contribution in [3.63, 3.8) is 0 Å². The van der Waals surface area contributed by atoms with E-state index in [-0.39, 0.29) is 0 Å². The van der Waals surface area contributed by atoms with Crippen LogP contribution < -0.4 is 5.32 Å². The molecule has 2 rings (SSSR count). The summed E-state index contributed by atoms with van der Waals surface area (Å²) < 4.78 is 5.41. The van der Waals surface area contributed by atoms with Crippen molar-refractivity contribution in [1.82, 2.24) is 14.7 Å². The molecule has 96 valence electrons. The van der Waals surface area contributed by atoms with E-state index in [4.69, 9.17) is 0 Å². The molecule has 5 heteroatoms. The van der Waals surface area contributed by atoms with E-state index in [2.05, 4.69) is 21.6 Å². The second-order valence-corrected chi connectivity index (χ2v) is 6.56. The Balaban J connectivity index is 1.59. The van der Waals surface area contributed by atoms with E-state index in [9.17, 15) is 0 Å². The van der Waals surface area contributed by atoms with Crippen LogP contribution in [-0.2, 0) is 6.42 Å². The van der Waals surface area contributed by atoms with Crippen LogP contribution in [0.2, 0.25) is 0 Å². The number of nitrogens with zero attached hydrogens (tertiary/aromatic N) is 2. The summed E-state index contributed by atoms with van der Waals surface area (Å²) in [6.45, 7) is 3.19. The zero-order valence-corrected chi connectivity index (χ0v) is 12.1. The smallest absolute Gasteiger partial charge is 0.170 e. The highest BCUT2D eigenvalue weighted by atomic mass is 32.2. The van der Waals surface area contributed by atoms with Crippen LogP contribution in [0.4, 0.5) is 0 Å². The van der Waals surface area contributed by atoms with Crippen molar-refractivity contribution >= 4 is 23.3 Å². The van der Waals surface area contributed by atoms with Gasteiger partial charge in [0, 0.05) is 24.8 Å². The van der Waals surface area contributed by atoms with Gasteiger partial charge in [-0.05, 0) is 24.4 Å². The van der Waals surface area contributed by atoms with Crippen LogP contribution >= 0.6 is 23.3 Å². The van der Waals surface area contributed by atoms with Crippen molar-refractivity contribution in [3.05, 3.63) is 5.82 Å². The van der Waals surface area contributed by atoms with E-state index in [0.29, 0.717) is 0 Å². The molecule has 0 aromatic carbocycles. The summed E-state index contributed by atoms with van der Waals surface area (Å²) in [5.74, 6) is 2.09. The molecule has 0 atom stereocenters. The fourth-order valence-electron chi connectivity index (χ4n) is 2.15. The van der Waals surface area contributed by atoms with Gasteiger partial charge in [-0.15, -0.1) is 0 Å². The first-order valence-corrected chi connectivity index (χ1v) is 8.33. The number of nitrogens with one attached hydrogen (secondary N) is 1. The van der Waals surface area contributed by atoms with Gasteiger partial charge in [-0.1, -0.05) is 37.9 Å². The molecule has 1 aromatic rings. The number of hydrogen-bond donors (Lipinski definition) is 1. The van der Waals surface area contributed by atoms with E-state index in [1.807, 2.05) is 11.8 Å². The minimum Gasteiger partial charge on any atom is -0.313 e. The lowest BCUT2D eigenvalue weighted by Crippen LogP contribution is -2.32. The average molecular weight is 271 g/mol. The molecule has 1 saturated carbocycles. The first-order chi connectivity index (χ1) is 8.38. The topological polar surface area (TPSA) is 37.8 Å². The molecule has 3 nitrogen and oxygen atoms in total. The van der Waals surface area contributed by atoms with Crippen molar-refractivity contribution in [2.24, 2.45) is 0 Å². The minimum absolute atomic E-state index is 0.768. The zero-order valence-electron chi connectivity index (χ0n) is 10.4. The molecule has 0 radical (unpaired) electrons. The maximum atomic E-state index is 4.46. The third-order valence-electron chi connectivity index (χ3n) is 3.13. The molecule has 0 saturated heterocycles. The second kappa shape index (κ2) is 7.34. The molecule has 0 unspecified atom stereocenters. The van der Waals surface area contributed by atoms with Crippen LogP contribution in [0.15, 0.2) is 4.34 Å². The fraction of sp³-hybridized carbons (Fsp3) is 0.833. The summed E-state index contributed by atoms with van der Waals surface area (Å²) in [7, 11) is 0. The Hall–Kier alpha value is -0.130. The normalized spacial score (nSPS) is 17.5. The molecule has 0 bridgehead atoms. The lowest BCUT2D eigenvalue weighted by atomic mass is 9.96. The molecule has 1 N–H and O–H groups in total.